The van der Waals surface area contributed by atoms with Crippen molar-refractivity contribution in [1.29, 1.82) is 0 Å². The number of para-hydroxylation sites is 1. The minimum Gasteiger partial charge on any atom is -0.360 e. The quantitative estimate of drug-likeness (QED) is 0.760. The van der Waals surface area contributed by atoms with Crippen LogP contribution in [0.4, 0.5) is 8.78 Å². The molecule has 0 spiro atoms. The molecule has 3 rings (SSSR count). The van der Waals surface area contributed by atoms with Crippen molar-refractivity contribution in [3.63, 3.8) is 0 Å². The van der Waals surface area contributed by atoms with E-state index in [4.69, 9.17) is 0 Å². The Morgan fingerprint density at radius 3 is 2.72 bits per heavy atom. The fraction of sp³-hybridized carbons (Fsp3) is 0.158. The Morgan fingerprint density at radius 2 is 1.96 bits per heavy atom. The van der Waals surface area contributed by atoms with Crippen molar-refractivity contribution in [2.24, 2.45) is 0 Å². The molecule has 1 aromatic heterocycles. The fourth-order valence-electron chi connectivity index (χ4n) is 2.75. The van der Waals surface area contributed by atoms with Gasteiger partial charge in [-0.3, -0.25) is 9.59 Å². The van der Waals surface area contributed by atoms with Crippen molar-refractivity contribution in [2.45, 2.75) is 19.4 Å². The summed E-state index contributed by atoms with van der Waals surface area (Å²) < 4.78 is 27.4. The highest BCUT2D eigenvalue weighted by Crippen LogP contribution is 2.21. The molecule has 0 aliphatic rings. The number of benzene rings is 2. The topological polar surface area (TPSA) is 62.0 Å². The third kappa shape index (κ3) is 3.28. The number of carbonyl (C=O) groups is 1. The molecule has 0 radical (unpaired) electrons. The summed E-state index contributed by atoms with van der Waals surface area (Å²) in [5, 5.41) is 3.00. The summed E-state index contributed by atoms with van der Waals surface area (Å²) in [7, 11) is 0. The van der Waals surface area contributed by atoms with Crippen LogP contribution in [0.2, 0.25) is 0 Å². The molecule has 6 heteroatoms. The first-order valence-electron chi connectivity index (χ1n) is 7.87. The van der Waals surface area contributed by atoms with E-state index >= 15 is 0 Å². The van der Waals surface area contributed by atoms with Crippen molar-refractivity contribution in [3.8, 4) is 0 Å². The van der Waals surface area contributed by atoms with Gasteiger partial charge in [-0.05, 0) is 36.8 Å². The smallest absolute Gasteiger partial charge is 0.257 e. The number of pyridine rings is 1. The molecule has 1 amide bonds. The van der Waals surface area contributed by atoms with Gasteiger partial charge in [0.05, 0.1) is 6.04 Å². The standard InChI is InChI=1S/C19H16F2N2O2/c1-2-16(13-9-11(20)7-8-15(13)21)23-19(25)14-10-22-17-6-4-3-5-12(17)18(14)24/h3-10,16H,2H2,1H3,(H,22,24)(H,23,25)/t16-/m0/s1. The van der Waals surface area contributed by atoms with Gasteiger partial charge in [-0.1, -0.05) is 19.1 Å². The van der Waals surface area contributed by atoms with Crippen molar-refractivity contribution in [2.75, 3.05) is 0 Å². The maximum Gasteiger partial charge on any atom is 0.257 e. The predicted molar refractivity (Wildman–Crippen MR) is 91.4 cm³/mol. The van der Waals surface area contributed by atoms with Crippen LogP contribution in [-0.4, -0.2) is 10.9 Å². The first-order valence-corrected chi connectivity index (χ1v) is 7.87. The molecule has 128 valence electrons. The van der Waals surface area contributed by atoms with Crippen LogP contribution in [0.3, 0.4) is 0 Å². The third-order valence-electron chi connectivity index (χ3n) is 4.08. The van der Waals surface area contributed by atoms with E-state index in [-0.39, 0.29) is 11.1 Å². The molecule has 25 heavy (non-hydrogen) atoms. The van der Waals surface area contributed by atoms with Crippen LogP contribution < -0.4 is 10.7 Å². The van der Waals surface area contributed by atoms with E-state index in [0.717, 1.165) is 18.2 Å². The maximum absolute atomic E-state index is 14.0. The van der Waals surface area contributed by atoms with E-state index in [9.17, 15) is 18.4 Å². The van der Waals surface area contributed by atoms with Gasteiger partial charge in [0.25, 0.3) is 5.91 Å². The van der Waals surface area contributed by atoms with Crippen LogP contribution in [0.25, 0.3) is 10.9 Å². The number of fused-ring (bicyclic) bond motifs is 1. The zero-order valence-electron chi connectivity index (χ0n) is 13.5. The monoisotopic (exact) mass is 342 g/mol. The highest BCUT2D eigenvalue weighted by Gasteiger charge is 2.20. The number of aromatic nitrogens is 1. The molecule has 0 bridgehead atoms. The number of rotatable bonds is 4. The number of halogens is 2. The lowest BCUT2D eigenvalue weighted by Gasteiger charge is -2.18. The molecule has 0 unspecified atom stereocenters. The molecule has 1 heterocycles. The molecule has 0 saturated heterocycles. The van der Waals surface area contributed by atoms with E-state index in [2.05, 4.69) is 10.3 Å². The van der Waals surface area contributed by atoms with Gasteiger partial charge < -0.3 is 10.3 Å². The lowest BCUT2D eigenvalue weighted by molar-refractivity contribution is 0.0933. The molecule has 2 N–H and O–H groups in total. The summed E-state index contributed by atoms with van der Waals surface area (Å²) >= 11 is 0. The first kappa shape index (κ1) is 16.8. The van der Waals surface area contributed by atoms with Crippen molar-refractivity contribution < 1.29 is 13.6 Å². The fourth-order valence-corrected chi connectivity index (χ4v) is 2.75. The number of hydrogen-bond donors (Lipinski definition) is 2. The van der Waals surface area contributed by atoms with E-state index in [1.165, 1.54) is 6.20 Å². The van der Waals surface area contributed by atoms with Crippen LogP contribution in [0.15, 0.2) is 53.5 Å². The lowest BCUT2D eigenvalue weighted by Crippen LogP contribution is -2.32. The van der Waals surface area contributed by atoms with Gasteiger partial charge >= 0.3 is 0 Å². The summed E-state index contributed by atoms with van der Waals surface area (Å²) in [5.74, 6) is -1.84. The molecule has 4 nitrogen and oxygen atoms in total. The van der Waals surface area contributed by atoms with Gasteiger partial charge in [-0.15, -0.1) is 0 Å². The number of carbonyl (C=O) groups excluding carboxylic acids is 1. The summed E-state index contributed by atoms with van der Waals surface area (Å²) in [5.41, 5.74) is 0.177. The van der Waals surface area contributed by atoms with Gasteiger partial charge in [-0.2, -0.15) is 0 Å². The minimum atomic E-state index is -0.742. The van der Waals surface area contributed by atoms with E-state index in [1.807, 2.05) is 0 Å². The molecule has 3 aromatic rings. The van der Waals surface area contributed by atoms with Crippen molar-refractivity contribution >= 4 is 16.8 Å². The number of amides is 1. The Bertz CT molecular complexity index is 998. The Hall–Kier alpha value is -3.02. The van der Waals surface area contributed by atoms with Gasteiger partial charge in [0.1, 0.15) is 17.2 Å². The van der Waals surface area contributed by atoms with E-state index in [0.29, 0.717) is 17.3 Å². The Labute approximate surface area is 142 Å². The Balaban J connectivity index is 1.94. The molecular weight excluding hydrogens is 326 g/mol. The highest BCUT2D eigenvalue weighted by molar-refractivity contribution is 5.97. The van der Waals surface area contributed by atoms with Crippen LogP contribution in [0, 0.1) is 11.6 Å². The number of nitrogens with one attached hydrogen (secondary N) is 2. The van der Waals surface area contributed by atoms with Gasteiger partial charge in [0, 0.05) is 22.7 Å². The average molecular weight is 342 g/mol. The zero-order chi connectivity index (χ0) is 18.0. The first-order chi connectivity index (χ1) is 12.0. The molecule has 0 saturated carbocycles. The molecule has 0 aliphatic heterocycles. The molecule has 0 aliphatic carbocycles. The van der Waals surface area contributed by atoms with Gasteiger partial charge in [-0.25, -0.2) is 8.78 Å². The van der Waals surface area contributed by atoms with Crippen LogP contribution >= 0.6 is 0 Å². The van der Waals surface area contributed by atoms with Crippen molar-refractivity contribution in [1.82, 2.24) is 10.3 Å². The van der Waals surface area contributed by atoms with Gasteiger partial charge in [0.15, 0.2) is 0 Å². The SMILES string of the molecule is CC[C@H](NC(=O)c1c[nH]c2ccccc2c1=O)c1cc(F)ccc1F. The number of H-pyrrole nitrogens is 1. The van der Waals surface area contributed by atoms with Gasteiger partial charge in [0.2, 0.25) is 5.43 Å². The second-order valence-corrected chi connectivity index (χ2v) is 5.68. The second kappa shape index (κ2) is 6.84. The van der Waals surface area contributed by atoms with Crippen LogP contribution in [-0.2, 0) is 0 Å². The normalized spacial score (nSPS) is 12.1. The minimum absolute atomic E-state index is 0.0491. The Morgan fingerprint density at radius 1 is 1.20 bits per heavy atom. The summed E-state index contributed by atoms with van der Waals surface area (Å²) in [6, 6.07) is 9.17. The lowest BCUT2D eigenvalue weighted by atomic mass is 10.0. The third-order valence-corrected chi connectivity index (χ3v) is 4.08. The summed E-state index contributed by atoms with van der Waals surface area (Å²) in [6.07, 6.45) is 1.67. The summed E-state index contributed by atoms with van der Waals surface area (Å²) in [6.45, 7) is 1.74. The highest BCUT2D eigenvalue weighted by atomic mass is 19.1. The molecular formula is C19H16F2N2O2. The second-order valence-electron chi connectivity index (χ2n) is 5.68. The number of aromatic amines is 1. The average Bonchev–Trinajstić information content (AvgIpc) is 2.62. The van der Waals surface area contributed by atoms with E-state index < -0.39 is 29.0 Å². The molecule has 2 aromatic carbocycles. The zero-order valence-corrected chi connectivity index (χ0v) is 13.5. The van der Waals surface area contributed by atoms with Crippen molar-refractivity contribution in [3.05, 3.63) is 81.6 Å². The number of hydrogen-bond acceptors (Lipinski definition) is 2. The molecule has 1 atom stereocenters. The van der Waals surface area contributed by atoms with E-state index in [1.54, 1.807) is 31.2 Å². The largest absolute Gasteiger partial charge is 0.360 e. The summed E-state index contributed by atoms with van der Waals surface area (Å²) in [4.78, 5) is 27.9. The predicted octanol–water partition coefficient (Wildman–Crippen LogP) is 3.69. The maximum atomic E-state index is 14.0. The van der Waals surface area contributed by atoms with Crippen LogP contribution in [0.5, 0.6) is 0 Å². The molecule has 0 fully saturated rings. The van der Waals surface area contributed by atoms with Crippen LogP contribution in [0.1, 0.15) is 35.3 Å². The Kier molecular flexibility index (Phi) is 4.61.